The number of hydrogen-bond acceptors (Lipinski definition) is 5. The number of rotatable bonds is 5. The normalized spacial score (nSPS) is 10.6. The fourth-order valence-corrected chi connectivity index (χ4v) is 4.24. The molecule has 0 atom stereocenters. The lowest BCUT2D eigenvalue weighted by atomic mass is 10.2. The van der Waals surface area contributed by atoms with E-state index in [4.69, 9.17) is 34.8 Å². The van der Waals surface area contributed by atoms with Gasteiger partial charge in [-0.1, -0.05) is 76.1 Å². The highest BCUT2D eigenvalue weighted by Crippen LogP contribution is 2.30. The standard InChI is InChI=1S/C16H11Cl3N4OS2/c17-11-4-2-1-3-9(11)8-25-16-23-22-15(26-16)21-14(24)20-10-5-6-12(18)13(19)7-10/h1-7H,8H2,(H2,20,21,22,24). The highest BCUT2D eigenvalue weighted by atomic mass is 35.5. The molecule has 1 aromatic heterocycles. The Morgan fingerprint density at radius 3 is 2.58 bits per heavy atom. The predicted molar refractivity (Wildman–Crippen MR) is 110 cm³/mol. The second-order valence-electron chi connectivity index (χ2n) is 4.96. The van der Waals surface area contributed by atoms with Crippen molar-refractivity contribution in [2.75, 3.05) is 10.6 Å². The first-order valence-electron chi connectivity index (χ1n) is 7.24. The summed E-state index contributed by atoms with van der Waals surface area (Å²) in [5.74, 6) is 0.670. The molecule has 2 aromatic carbocycles. The number of thioether (sulfide) groups is 1. The Morgan fingerprint density at radius 2 is 1.81 bits per heavy atom. The quantitative estimate of drug-likeness (QED) is 0.350. The molecule has 3 rings (SSSR count). The molecule has 3 aromatic rings. The highest BCUT2D eigenvalue weighted by Gasteiger charge is 2.10. The Bertz CT molecular complexity index is 935. The van der Waals surface area contributed by atoms with E-state index in [1.165, 1.54) is 23.1 Å². The molecule has 0 spiro atoms. The third-order valence-electron chi connectivity index (χ3n) is 3.11. The lowest BCUT2D eigenvalue weighted by Crippen LogP contribution is -2.19. The average Bonchev–Trinajstić information content (AvgIpc) is 3.05. The molecule has 0 radical (unpaired) electrons. The van der Waals surface area contributed by atoms with E-state index >= 15 is 0 Å². The number of nitrogens with zero attached hydrogens (tertiary/aromatic N) is 2. The zero-order valence-electron chi connectivity index (χ0n) is 13.0. The molecule has 0 saturated heterocycles. The van der Waals surface area contributed by atoms with Crippen molar-refractivity contribution < 1.29 is 4.79 Å². The van der Waals surface area contributed by atoms with E-state index in [9.17, 15) is 4.79 Å². The fraction of sp³-hybridized carbons (Fsp3) is 0.0625. The number of aromatic nitrogens is 2. The maximum absolute atomic E-state index is 12.0. The summed E-state index contributed by atoms with van der Waals surface area (Å²) in [5, 5.41) is 15.2. The minimum absolute atomic E-state index is 0.360. The van der Waals surface area contributed by atoms with Crippen molar-refractivity contribution in [1.82, 2.24) is 10.2 Å². The molecule has 26 heavy (non-hydrogen) atoms. The van der Waals surface area contributed by atoms with Crippen LogP contribution in [-0.2, 0) is 5.75 Å². The van der Waals surface area contributed by atoms with Gasteiger partial charge in [-0.2, -0.15) is 0 Å². The number of hydrogen-bond donors (Lipinski definition) is 2. The first-order chi connectivity index (χ1) is 12.5. The van der Waals surface area contributed by atoms with Crippen LogP contribution < -0.4 is 10.6 Å². The van der Waals surface area contributed by atoms with E-state index in [-0.39, 0.29) is 0 Å². The van der Waals surface area contributed by atoms with Crippen LogP contribution in [0.5, 0.6) is 0 Å². The van der Waals surface area contributed by atoms with Gasteiger partial charge < -0.3 is 5.32 Å². The predicted octanol–water partition coefficient (Wildman–Crippen LogP) is 6.43. The Morgan fingerprint density at radius 1 is 1.00 bits per heavy atom. The van der Waals surface area contributed by atoms with Crippen LogP contribution in [-0.4, -0.2) is 16.2 Å². The van der Waals surface area contributed by atoms with Gasteiger partial charge in [0.1, 0.15) is 0 Å². The summed E-state index contributed by atoms with van der Waals surface area (Å²) in [4.78, 5) is 12.0. The number of amides is 2. The van der Waals surface area contributed by atoms with Crippen LogP contribution in [0, 0.1) is 0 Å². The maximum Gasteiger partial charge on any atom is 0.325 e. The molecular formula is C16H11Cl3N4OS2. The monoisotopic (exact) mass is 444 g/mol. The zero-order chi connectivity index (χ0) is 18.5. The molecule has 0 unspecified atom stereocenters. The SMILES string of the molecule is O=C(Nc1ccc(Cl)c(Cl)c1)Nc1nnc(SCc2ccccc2Cl)s1. The summed E-state index contributed by atoms with van der Waals surface area (Å²) in [5.41, 5.74) is 1.54. The Balaban J connectivity index is 1.55. The minimum atomic E-state index is -0.442. The second kappa shape index (κ2) is 8.92. The van der Waals surface area contributed by atoms with Gasteiger partial charge in [0.15, 0.2) is 4.34 Å². The number of carbonyl (C=O) groups excluding carboxylic acids is 1. The van der Waals surface area contributed by atoms with E-state index in [1.807, 2.05) is 24.3 Å². The van der Waals surface area contributed by atoms with Crippen molar-refractivity contribution in [3.63, 3.8) is 0 Å². The van der Waals surface area contributed by atoms with Gasteiger partial charge in [0.25, 0.3) is 0 Å². The first kappa shape index (κ1) is 19.3. The van der Waals surface area contributed by atoms with Gasteiger partial charge in [-0.05, 0) is 29.8 Å². The van der Waals surface area contributed by atoms with E-state index in [2.05, 4.69) is 20.8 Å². The third-order valence-corrected chi connectivity index (χ3v) is 6.24. The second-order valence-corrected chi connectivity index (χ2v) is 8.38. The summed E-state index contributed by atoms with van der Waals surface area (Å²) in [6.45, 7) is 0. The van der Waals surface area contributed by atoms with Crippen LogP contribution >= 0.6 is 57.9 Å². The minimum Gasteiger partial charge on any atom is -0.308 e. The highest BCUT2D eigenvalue weighted by molar-refractivity contribution is 8.00. The Kier molecular flexibility index (Phi) is 6.61. The van der Waals surface area contributed by atoms with Crippen molar-refractivity contribution >= 4 is 74.8 Å². The van der Waals surface area contributed by atoms with Crippen molar-refractivity contribution in [1.29, 1.82) is 0 Å². The molecule has 5 nitrogen and oxygen atoms in total. The van der Waals surface area contributed by atoms with Crippen LogP contribution in [0.15, 0.2) is 46.8 Å². The number of urea groups is 1. The first-order valence-corrected chi connectivity index (χ1v) is 10.2. The average molecular weight is 446 g/mol. The molecule has 0 aliphatic rings. The Hall–Kier alpha value is -1.51. The third kappa shape index (κ3) is 5.25. The van der Waals surface area contributed by atoms with Gasteiger partial charge in [0.2, 0.25) is 5.13 Å². The van der Waals surface area contributed by atoms with Crippen LogP contribution in [0.4, 0.5) is 15.6 Å². The summed E-state index contributed by atoms with van der Waals surface area (Å²) < 4.78 is 0.731. The lowest BCUT2D eigenvalue weighted by molar-refractivity contribution is 0.262. The van der Waals surface area contributed by atoms with Crippen molar-refractivity contribution in [3.05, 3.63) is 63.1 Å². The van der Waals surface area contributed by atoms with E-state index in [0.29, 0.717) is 31.6 Å². The molecule has 10 heteroatoms. The smallest absolute Gasteiger partial charge is 0.308 e. The molecule has 0 fully saturated rings. The maximum atomic E-state index is 12.0. The summed E-state index contributed by atoms with van der Waals surface area (Å²) in [6.07, 6.45) is 0. The van der Waals surface area contributed by atoms with E-state index in [0.717, 1.165) is 9.90 Å². The molecule has 0 aliphatic carbocycles. The van der Waals surface area contributed by atoms with Crippen molar-refractivity contribution in [3.8, 4) is 0 Å². The van der Waals surface area contributed by atoms with Crippen LogP contribution in [0.1, 0.15) is 5.56 Å². The van der Waals surface area contributed by atoms with Gasteiger partial charge in [0, 0.05) is 16.5 Å². The summed E-state index contributed by atoms with van der Waals surface area (Å²) in [6, 6.07) is 12.0. The summed E-state index contributed by atoms with van der Waals surface area (Å²) in [7, 11) is 0. The molecule has 0 aliphatic heterocycles. The van der Waals surface area contributed by atoms with Crippen molar-refractivity contribution in [2.24, 2.45) is 0 Å². The Labute approximate surface area is 173 Å². The van der Waals surface area contributed by atoms with Crippen LogP contribution in [0.2, 0.25) is 15.1 Å². The lowest BCUT2D eigenvalue weighted by Gasteiger charge is -2.06. The topological polar surface area (TPSA) is 66.9 Å². The molecule has 2 N–H and O–H groups in total. The molecule has 1 heterocycles. The molecule has 134 valence electrons. The fourth-order valence-electron chi connectivity index (χ4n) is 1.91. The number of nitrogens with one attached hydrogen (secondary N) is 2. The largest absolute Gasteiger partial charge is 0.325 e. The summed E-state index contributed by atoms with van der Waals surface area (Å²) >= 11 is 20.7. The molecule has 2 amide bonds. The van der Waals surface area contributed by atoms with Crippen LogP contribution in [0.3, 0.4) is 0 Å². The van der Waals surface area contributed by atoms with Gasteiger partial charge in [-0.3, -0.25) is 5.32 Å². The van der Waals surface area contributed by atoms with Gasteiger partial charge in [-0.15, -0.1) is 10.2 Å². The number of carbonyl (C=O) groups is 1. The molecule has 0 bridgehead atoms. The zero-order valence-corrected chi connectivity index (χ0v) is 16.9. The number of halogens is 3. The van der Waals surface area contributed by atoms with Crippen LogP contribution in [0.25, 0.3) is 0 Å². The van der Waals surface area contributed by atoms with E-state index < -0.39 is 6.03 Å². The number of anilines is 2. The van der Waals surface area contributed by atoms with Gasteiger partial charge in [-0.25, -0.2) is 4.79 Å². The van der Waals surface area contributed by atoms with Crippen molar-refractivity contribution in [2.45, 2.75) is 10.1 Å². The van der Waals surface area contributed by atoms with E-state index in [1.54, 1.807) is 18.2 Å². The molecular weight excluding hydrogens is 435 g/mol. The molecule has 0 saturated carbocycles. The van der Waals surface area contributed by atoms with Gasteiger partial charge in [0.05, 0.1) is 10.0 Å². The van der Waals surface area contributed by atoms with Gasteiger partial charge >= 0.3 is 6.03 Å². The number of benzene rings is 2.